The van der Waals surface area contributed by atoms with Gasteiger partial charge in [-0.3, -0.25) is 4.79 Å². The number of nitrogens with one attached hydrogen (secondary N) is 2. The molecule has 0 bridgehead atoms. The number of nitrogens with zero attached hydrogens (tertiary/aromatic N) is 1. The molecule has 4 nitrogen and oxygen atoms in total. The lowest BCUT2D eigenvalue weighted by molar-refractivity contribution is -0.115. The van der Waals surface area contributed by atoms with E-state index in [0.717, 1.165) is 20.9 Å². The highest BCUT2D eigenvalue weighted by molar-refractivity contribution is 9.10. The van der Waals surface area contributed by atoms with Crippen molar-refractivity contribution in [3.05, 3.63) is 44.8 Å². The third kappa shape index (κ3) is 4.41. The highest BCUT2D eigenvalue weighted by atomic mass is 79.9. The average Bonchev–Trinajstić information content (AvgIpc) is 2.78. The van der Waals surface area contributed by atoms with Crippen molar-refractivity contribution in [3.63, 3.8) is 0 Å². The van der Waals surface area contributed by atoms with Gasteiger partial charge in [-0.15, -0.1) is 11.3 Å². The van der Waals surface area contributed by atoms with Crippen molar-refractivity contribution < 1.29 is 4.79 Å². The molecule has 6 heteroatoms. The molecule has 1 amide bonds. The summed E-state index contributed by atoms with van der Waals surface area (Å²) in [5.41, 5.74) is 1.79. The molecule has 1 aromatic heterocycles. The van der Waals surface area contributed by atoms with Gasteiger partial charge in [-0.05, 0) is 35.0 Å². The van der Waals surface area contributed by atoms with Gasteiger partial charge in [0.15, 0.2) is 0 Å². The first-order valence-corrected chi connectivity index (χ1v) is 7.48. The van der Waals surface area contributed by atoms with Crippen molar-refractivity contribution in [1.29, 1.82) is 0 Å². The molecule has 0 spiro atoms. The molecule has 0 radical (unpaired) electrons. The summed E-state index contributed by atoms with van der Waals surface area (Å²) in [5.74, 6) is -0.0693. The molecule has 2 rings (SSSR count). The Kier molecular flexibility index (Phi) is 5.07. The predicted molar refractivity (Wildman–Crippen MR) is 81.3 cm³/mol. The van der Waals surface area contributed by atoms with Crippen molar-refractivity contribution >= 4 is 38.9 Å². The van der Waals surface area contributed by atoms with E-state index < -0.39 is 0 Å². The van der Waals surface area contributed by atoms with Gasteiger partial charge in [0.25, 0.3) is 0 Å². The van der Waals surface area contributed by atoms with E-state index in [9.17, 15) is 4.79 Å². The van der Waals surface area contributed by atoms with Crippen LogP contribution < -0.4 is 10.6 Å². The van der Waals surface area contributed by atoms with Crippen molar-refractivity contribution in [2.45, 2.75) is 13.5 Å². The number of benzene rings is 1. The number of rotatable bonds is 5. The molecule has 0 saturated heterocycles. The van der Waals surface area contributed by atoms with E-state index in [1.807, 2.05) is 36.6 Å². The van der Waals surface area contributed by atoms with Gasteiger partial charge in [0.05, 0.1) is 12.2 Å². The Morgan fingerprint density at radius 3 is 2.89 bits per heavy atom. The molecule has 0 fully saturated rings. The Labute approximate surface area is 124 Å². The first kappa shape index (κ1) is 14.2. The minimum Gasteiger partial charge on any atom is -0.324 e. The number of carbonyl (C=O) groups excluding carboxylic acids is 1. The molecule has 2 aromatic rings. The molecule has 1 aromatic carbocycles. The van der Waals surface area contributed by atoms with Gasteiger partial charge in [0.1, 0.15) is 5.01 Å². The van der Waals surface area contributed by atoms with Crippen molar-refractivity contribution in [2.24, 2.45) is 0 Å². The molecule has 19 heavy (non-hydrogen) atoms. The summed E-state index contributed by atoms with van der Waals surface area (Å²) >= 11 is 4.98. The van der Waals surface area contributed by atoms with Crippen molar-refractivity contribution in [2.75, 3.05) is 11.9 Å². The monoisotopic (exact) mass is 339 g/mol. The van der Waals surface area contributed by atoms with Gasteiger partial charge in [-0.25, -0.2) is 4.98 Å². The van der Waals surface area contributed by atoms with Crippen LogP contribution in [-0.4, -0.2) is 17.4 Å². The normalized spacial score (nSPS) is 10.4. The third-order valence-corrected chi connectivity index (χ3v) is 4.03. The SMILES string of the molecule is Cc1csc(CNCC(=O)Nc2ccccc2Br)n1. The number of aromatic nitrogens is 1. The first-order chi connectivity index (χ1) is 9.15. The number of para-hydroxylation sites is 1. The van der Waals surface area contributed by atoms with Crippen molar-refractivity contribution in [1.82, 2.24) is 10.3 Å². The van der Waals surface area contributed by atoms with Crippen LogP contribution in [0, 0.1) is 6.92 Å². The number of halogens is 1. The minimum absolute atomic E-state index is 0.0693. The summed E-state index contributed by atoms with van der Waals surface area (Å²) in [4.78, 5) is 16.1. The highest BCUT2D eigenvalue weighted by Gasteiger charge is 2.05. The number of hydrogen-bond donors (Lipinski definition) is 2. The molecular weight excluding hydrogens is 326 g/mol. The predicted octanol–water partition coefficient (Wildman–Crippen LogP) is 2.94. The van der Waals surface area contributed by atoms with E-state index >= 15 is 0 Å². The molecule has 100 valence electrons. The van der Waals surface area contributed by atoms with Gasteiger partial charge in [-0.1, -0.05) is 12.1 Å². The van der Waals surface area contributed by atoms with Crippen LogP contribution in [0.1, 0.15) is 10.7 Å². The Morgan fingerprint density at radius 1 is 1.42 bits per heavy atom. The van der Waals surface area contributed by atoms with Crippen LogP contribution >= 0.6 is 27.3 Å². The maximum atomic E-state index is 11.7. The molecular formula is C13H14BrN3OS. The first-order valence-electron chi connectivity index (χ1n) is 5.81. The summed E-state index contributed by atoms with van der Waals surface area (Å²) in [6.07, 6.45) is 0. The Balaban J connectivity index is 1.77. The lowest BCUT2D eigenvalue weighted by Gasteiger charge is -2.07. The molecule has 0 aliphatic heterocycles. The van der Waals surface area contributed by atoms with Crippen LogP contribution in [-0.2, 0) is 11.3 Å². The minimum atomic E-state index is -0.0693. The van der Waals surface area contributed by atoms with Gasteiger partial charge >= 0.3 is 0 Å². The van der Waals surface area contributed by atoms with Crippen LogP contribution in [0.2, 0.25) is 0 Å². The van der Waals surface area contributed by atoms with Crippen LogP contribution in [0.15, 0.2) is 34.1 Å². The van der Waals surface area contributed by atoms with E-state index in [2.05, 4.69) is 31.5 Å². The maximum Gasteiger partial charge on any atom is 0.238 e. The van der Waals surface area contributed by atoms with Gasteiger partial charge < -0.3 is 10.6 Å². The number of carbonyl (C=O) groups is 1. The van der Waals surface area contributed by atoms with E-state index in [0.29, 0.717) is 6.54 Å². The zero-order chi connectivity index (χ0) is 13.7. The van der Waals surface area contributed by atoms with Crippen LogP contribution in [0.5, 0.6) is 0 Å². The summed E-state index contributed by atoms with van der Waals surface area (Å²) in [6, 6.07) is 7.53. The number of hydrogen-bond acceptors (Lipinski definition) is 4. The summed E-state index contributed by atoms with van der Waals surface area (Å²) < 4.78 is 0.874. The fraction of sp³-hybridized carbons (Fsp3) is 0.231. The second-order valence-corrected chi connectivity index (χ2v) is 5.81. The summed E-state index contributed by atoms with van der Waals surface area (Å²) in [6.45, 7) is 2.83. The smallest absolute Gasteiger partial charge is 0.238 e. The Morgan fingerprint density at radius 2 is 2.21 bits per heavy atom. The number of thiazole rings is 1. The van der Waals surface area contributed by atoms with Gasteiger partial charge in [0.2, 0.25) is 5.91 Å². The van der Waals surface area contributed by atoms with E-state index in [1.54, 1.807) is 11.3 Å². The molecule has 1 heterocycles. The number of aryl methyl sites for hydroxylation is 1. The molecule has 2 N–H and O–H groups in total. The lowest BCUT2D eigenvalue weighted by atomic mass is 10.3. The Bertz CT molecular complexity index is 571. The van der Waals surface area contributed by atoms with Crippen molar-refractivity contribution in [3.8, 4) is 0 Å². The zero-order valence-electron chi connectivity index (χ0n) is 10.4. The number of anilines is 1. The largest absolute Gasteiger partial charge is 0.324 e. The van der Waals surface area contributed by atoms with Gasteiger partial charge in [-0.2, -0.15) is 0 Å². The summed E-state index contributed by atoms with van der Waals surface area (Å²) in [7, 11) is 0. The number of amides is 1. The highest BCUT2D eigenvalue weighted by Crippen LogP contribution is 2.20. The van der Waals surface area contributed by atoms with Crippen LogP contribution in [0.3, 0.4) is 0 Å². The standard InChI is InChI=1S/C13H14BrN3OS/c1-9-8-19-13(16-9)7-15-6-12(18)17-11-5-3-2-4-10(11)14/h2-5,8,15H,6-7H2,1H3,(H,17,18). The second-order valence-electron chi connectivity index (χ2n) is 4.01. The quantitative estimate of drug-likeness (QED) is 0.880. The fourth-order valence-electron chi connectivity index (χ4n) is 1.52. The Hall–Kier alpha value is -1.24. The lowest BCUT2D eigenvalue weighted by Crippen LogP contribution is -2.27. The molecule has 0 aliphatic carbocycles. The maximum absolute atomic E-state index is 11.7. The fourth-order valence-corrected chi connectivity index (χ4v) is 2.65. The third-order valence-electron chi connectivity index (χ3n) is 2.38. The topological polar surface area (TPSA) is 54.0 Å². The summed E-state index contributed by atoms with van der Waals surface area (Å²) in [5, 5.41) is 8.90. The van der Waals surface area contributed by atoms with Gasteiger partial charge in [0, 0.05) is 22.1 Å². The van der Waals surface area contributed by atoms with E-state index in [4.69, 9.17) is 0 Å². The zero-order valence-corrected chi connectivity index (χ0v) is 12.8. The second kappa shape index (κ2) is 6.79. The molecule has 0 saturated carbocycles. The molecule has 0 atom stereocenters. The van der Waals surface area contributed by atoms with E-state index in [1.165, 1.54) is 0 Å². The van der Waals surface area contributed by atoms with Crippen LogP contribution in [0.4, 0.5) is 5.69 Å². The molecule has 0 unspecified atom stereocenters. The molecule has 0 aliphatic rings. The van der Waals surface area contributed by atoms with E-state index in [-0.39, 0.29) is 12.5 Å². The average molecular weight is 340 g/mol. The van der Waals surface area contributed by atoms with Crippen LogP contribution in [0.25, 0.3) is 0 Å².